The molecule has 2 rings (SSSR count). The number of rotatable bonds is 5. The molecule has 0 spiro atoms. The average molecular weight is 348 g/mol. The Labute approximate surface area is 145 Å². The number of anilines is 1. The van der Waals surface area contributed by atoms with E-state index in [0.29, 0.717) is 12.1 Å². The van der Waals surface area contributed by atoms with Gasteiger partial charge in [0.25, 0.3) is 5.91 Å². The predicted octanol–water partition coefficient (Wildman–Crippen LogP) is 2.54. The van der Waals surface area contributed by atoms with Gasteiger partial charge in [0.05, 0.1) is 11.3 Å². The van der Waals surface area contributed by atoms with Gasteiger partial charge in [-0.1, -0.05) is 5.16 Å². The van der Waals surface area contributed by atoms with Gasteiger partial charge < -0.3 is 20.5 Å². The minimum atomic E-state index is -0.655. The van der Waals surface area contributed by atoms with Crippen molar-refractivity contribution in [2.45, 2.75) is 33.2 Å². The van der Waals surface area contributed by atoms with E-state index in [2.05, 4.69) is 21.1 Å². The molecule has 1 aromatic carbocycles. The molecule has 0 saturated heterocycles. The molecule has 25 heavy (non-hydrogen) atoms. The maximum atomic E-state index is 13.6. The van der Waals surface area contributed by atoms with Crippen molar-refractivity contribution in [1.29, 1.82) is 0 Å². The molecule has 0 fully saturated rings. The number of aryl methyl sites for hydroxylation is 2. The first-order valence-electron chi connectivity index (χ1n) is 7.82. The lowest BCUT2D eigenvalue weighted by atomic mass is 10.1. The van der Waals surface area contributed by atoms with Crippen molar-refractivity contribution in [3.63, 3.8) is 0 Å². The number of carbonyl (C=O) groups excluding carboxylic acids is 2. The zero-order chi connectivity index (χ0) is 18.6. The first kappa shape index (κ1) is 18.4. The first-order valence-corrected chi connectivity index (χ1v) is 7.82. The summed E-state index contributed by atoms with van der Waals surface area (Å²) in [5, 5.41) is 11.6. The number of carbonyl (C=O) groups is 2. The Morgan fingerprint density at radius 3 is 2.64 bits per heavy atom. The van der Waals surface area contributed by atoms with Crippen molar-refractivity contribution in [3.05, 3.63) is 46.6 Å². The van der Waals surface area contributed by atoms with Crippen LogP contribution in [0.3, 0.4) is 0 Å². The molecule has 1 heterocycles. The lowest BCUT2D eigenvalue weighted by molar-refractivity contribution is 0.0959. The van der Waals surface area contributed by atoms with Crippen molar-refractivity contribution in [1.82, 2.24) is 15.8 Å². The van der Waals surface area contributed by atoms with Gasteiger partial charge in [0.2, 0.25) is 0 Å². The lowest BCUT2D eigenvalue weighted by Gasteiger charge is -2.15. The van der Waals surface area contributed by atoms with Crippen LogP contribution in [-0.4, -0.2) is 30.2 Å². The van der Waals surface area contributed by atoms with E-state index in [-0.39, 0.29) is 11.6 Å². The summed E-state index contributed by atoms with van der Waals surface area (Å²) in [4.78, 5) is 23.7. The van der Waals surface area contributed by atoms with Crippen LogP contribution in [0.15, 0.2) is 22.7 Å². The number of benzene rings is 1. The van der Waals surface area contributed by atoms with Gasteiger partial charge in [0.1, 0.15) is 11.6 Å². The molecule has 3 amide bonds. The van der Waals surface area contributed by atoms with Gasteiger partial charge >= 0.3 is 6.03 Å². The number of aromatic nitrogens is 1. The monoisotopic (exact) mass is 348 g/mol. The van der Waals surface area contributed by atoms with Gasteiger partial charge in [0.15, 0.2) is 0 Å². The fourth-order valence-corrected chi connectivity index (χ4v) is 2.45. The zero-order valence-electron chi connectivity index (χ0n) is 14.6. The molecule has 0 bridgehead atoms. The summed E-state index contributed by atoms with van der Waals surface area (Å²) < 4.78 is 18.7. The van der Waals surface area contributed by atoms with Gasteiger partial charge in [-0.05, 0) is 45.4 Å². The van der Waals surface area contributed by atoms with Crippen molar-refractivity contribution >= 4 is 17.6 Å². The molecular weight excluding hydrogens is 327 g/mol. The minimum absolute atomic E-state index is 0.135. The molecule has 1 atom stereocenters. The number of hydrogen-bond acceptors (Lipinski definition) is 4. The number of nitrogens with zero attached hydrogens (tertiary/aromatic N) is 1. The largest absolute Gasteiger partial charge is 0.361 e. The number of hydrogen-bond donors (Lipinski definition) is 3. The van der Waals surface area contributed by atoms with Crippen LogP contribution in [0.4, 0.5) is 14.9 Å². The standard InChI is InChI=1S/C17H21FN4O3/c1-9(7-13-10(2)22-25-11(13)3)20-17(24)21-12-5-6-15(18)14(8-12)16(23)19-4/h5-6,8-9H,7H2,1-4H3,(H,19,23)(H2,20,21,24). The molecule has 2 aromatic rings. The Kier molecular flexibility index (Phi) is 5.74. The van der Waals surface area contributed by atoms with Gasteiger partial charge in [-0.3, -0.25) is 4.79 Å². The summed E-state index contributed by atoms with van der Waals surface area (Å²) in [7, 11) is 1.41. The molecule has 134 valence electrons. The van der Waals surface area contributed by atoms with E-state index in [1.54, 1.807) is 0 Å². The van der Waals surface area contributed by atoms with Crippen LogP contribution in [0.25, 0.3) is 0 Å². The van der Waals surface area contributed by atoms with E-state index in [0.717, 1.165) is 23.1 Å². The topological polar surface area (TPSA) is 96.3 Å². The minimum Gasteiger partial charge on any atom is -0.361 e. The molecular formula is C17H21FN4O3. The molecule has 0 saturated carbocycles. The second-order valence-corrected chi connectivity index (χ2v) is 5.78. The Hall–Kier alpha value is -2.90. The van der Waals surface area contributed by atoms with Crippen molar-refractivity contribution in [2.75, 3.05) is 12.4 Å². The Balaban J connectivity index is 1.99. The molecule has 3 N–H and O–H groups in total. The first-order chi connectivity index (χ1) is 11.8. The van der Waals surface area contributed by atoms with Crippen molar-refractivity contribution < 1.29 is 18.5 Å². The van der Waals surface area contributed by atoms with E-state index in [4.69, 9.17) is 4.52 Å². The normalized spacial score (nSPS) is 11.7. The number of nitrogens with one attached hydrogen (secondary N) is 3. The van der Waals surface area contributed by atoms with Gasteiger partial charge in [-0.25, -0.2) is 9.18 Å². The molecule has 0 aliphatic carbocycles. The van der Waals surface area contributed by atoms with E-state index in [1.165, 1.54) is 19.2 Å². The Morgan fingerprint density at radius 1 is 1.32 bits per heavy atom. The van der Waals surface area contributed by atoms with E-state index in [9.17, 15) is 14.0 Å². The third-order valence-corrected chi connectivity index (χ3v) is 3.76. The highest BCUT2D eigenvalue weighted by molar-refractivity contribution is 5.97. The molecule has 0 aliphatic heterocycles. The van der Waals surface area contributed by atoms with Crippen LogP contribution in [-0.2, 0) is 6.42 Å². The molecule has 0 radical (unpaired) electrons. The van der Waals surface area contributed by atoms with E-state index >= 15 is 0 Å². The highest BCUT2D eigenvalue weighted by atomic mass is 19.1. The summed E-state index contributed by atoms with van der Waals surface area (Å²) in [6.45, 7) is 5.52. The summed E-state index contributed by atoms with van der Waals surface area (Å²) in [5.41, 5.74) is 1.93. The van der Waals surface area contributed by atoms with Crippen LogP contribution in [0.1, 0.15) is 34.3 Å². The van der Waals surface area contributed by atoms with Gasteiger partial charge in [-0.2, -0.15) is 0 Å². The molecule has 0 aliphatic rings. The highest BCUT2D eigenvalue weighted by Gasteiger charge is 2.16. The van der Waals surface area contributed by atoms with Gasteiger partial charge in [-0.15, -0.1) is 0 Å². The molecule has 1 aromatic heterocycles. The van der Waals surface area contributed by atoms with Crippen LogP contribution < -0.4 is 16.0 Å². The van der Waals surface area contributed by atoms with Crippen LogP contribution in [0.5, 0.6) is 0 Å². The highest BCUT2D eigenvalue weighted by Crippen LogP contribution is 2.16. The van der Waals surface area contributed by atoms with E-state index in [1.807, 2.05) is 20.8 Å². The maximum Gasteiger partial charge on any atom is 0.319 e. The maximum absolute atomic E-state index is 13.6. The smallest absolute Gasteiger partial charge is 0.319 e. The SMILES string of the molecule is CNC(=O)c1cc(NC(=O)NC(C)Cc2c(C)noc2C)ccc1F. The number of amides is 3. The summed E-state index contributed by atoms with van der Waals surface area (Å²) in [5.74, 6) is -0.495. The Morgan fingerprint density at radius 2 is 2.04 bits per heavy atom. The van der Waals surface area contributed by atoms with Crippen LogP contribution in [0, 0.1) is 19.7 Å². The average Bonchev–Trinajstić information content (AvgIpc) is 2.87. The van der Waals surface area contributed by atoms with Crippen LogP contribution in [0.2, 0.25) is 0 Å². The fraction of sp³-hybridized carbons (Fsp3) is 0.353. The summed E-state index contributed by atoms with van der Waals surface area (Å²) in [6.07, 6.45) is 0.571. The Bertz CT molecular complexity index is 769. The van der Waals surface area contributed by atoms with Crippen molar-refractivity contribution in [2.24, 2.45) is 0 Å². The second-order valence-electron chi connectivity index (χ2n) is 5.78. The zero-order valence-corrected chi connectivity index (χ0v) is 14.6. The lowest BCUT2D eigenvalue weighted by Crippen LogP contribution is -2.37. The third-order valence-electron chi connectivity index (χ3n) is 3.76. The molecule has 8 heteroatoms. The van der Waals surface area contributed by atoms with Gasteiger partial charge in [0, 0.05) is 24.3 Å². The second kappa shape index (κ2) is 7.78. The fourth-order valence-electron chi connectivity index (χ4n) is 2.45. The summed E-state index contributed by atoms with van der Waals surface area (Å²) >= 11 is 0. The molecule has 7 nitrogen and oxygen atoms in total. The van der Waals surface area contributed by atoms with Crippen molar-refractivity contribution in [3.8, 4) is 0 Å². The number of urea groups is 1. The molecule has 1 unspecified atom stereocenters. The third kappa shape index (κ3) is 4.56. The summed E-state index contributed by atoms with van der Waals surface area (Å²) in [6, 6.07) is 3.19. The van der Waals surface area contributed by atoms with E-state index < -0.39 is 17.8 Å². The predicted molar refractivity (Wildman–Crippen MR) is 91.1 cm³/mol. The quantitative estimate of drug-likeness (QED) is 0.774. The number of halogens is 1. The van der Waals surface area contributed by atoms with Crippen LogP contribution >= 0.6 is 0 Å².